The molecule has 0 fully saturated rings. The van der Waals surface area contributed by atoms with E-state index in [0.29, 0.717) is 24.7 Å². The molecule has 0 aliphatic heterocycles. The van der Waals surface area contributed by atoms with Gasteiger partial charge in [0.25, 0.3) is 0 Å². The second-order valence-corrected chi connectivity index (χ2v) is 9.12. The zero-order valence-corrected chi connectivity index (χ0v) is 22.5. The maximum atomic E-state index is 5.83. The minimum atomic E-state index is 0.0292. The number of hydrogen-bond donors (Lipinski definition) is 2. The summed E-state index contributed by atoms with van der Waals surface area (Å²) in [7, 11) is 0. The lowest BCUT2D eigenvalue weighted by molar-refractivity contribution is 0.337. The van der Waals surface area contributed by atoms with Crippen LogP contribution in [0.15, 0.2) is 57.5 Å². The van der Waals surface area contributed by atoms with Crippen molar-refractivity contribution in [2.75, 3.05) is 13.2 Å². The Morgan fingerprint density at radius 3 is 1.90 bits per heavy atom. The van der Waals surface area contributed by atoms with Crippen molar-refractivity contribution in [2.24, 2.45) is 21.0 Å². The third-order valence-corrected chi connectivity index (χ3v) is 5.49. The van der Waals surface area contributed by atoms with E-state index in [1.807, 2.05) is 38.1 Å². The van der Waals surface area contributed by atoms with E-state index in [1.165, 1.54) is 0 Å². The van der Waals surface area contributed by atoms with Gasteiger partial charge in [0.2, 0.25) is 5.96 Å². The van der Waals surface area contributed by atoms with Gasteiger partial charge in [-0.3, -0.25) is 0 Å². The number of hydrazone groups is 1. The van der Waals surface area contributed by atoms with Gasteiger partial charge in [-0.25, -0.2) is 5.43 Å². The van der Waals surface area contributed by atoms with Gasteiger partial charge in [0.1, 0.15) is 11.5 Å². The van der Waals surface area contributed by atoms with Crippen molar-refractivity contribution >= 4 is 82.1 Å². The van der Waals surface area contributed by atoms with Crippen molar-refractivity contribution in [2.45, 2.75) is 13.8 Å². The number of guanidine groups is 1. The second kappa shape index (κ2) is 12.4. The van der Waals surface area contributed by atoms with Crippen molar-refractivity contribution < 1.29 is 9.47 Å². The first-order valence-corrected chi connectivity index (χ1v) is 11.9. The Labute approximate surface area is 208 Å². The smallest absolute Gasteiger partial charge is 0.234 e. The summed E-state index contributed by atoms with van der Waals surface area (Å²) >= 11 is 13.9. The van der Waals surface area contributed by atoms with E-state index in [4.69, 9.17) is 15.2 Å². The van der Waals surface area contributed by atoms with Gasteiger partial charge in [0, 0.05) is 20.1 Å². The van der Waals surface area contributed by atoms with Crippen LogP contribution in [0, 0.1) is 0 Å². The number of nitrogens with zero attached hydrogens (tertiary/aromatic N) is 3. The van der Waals surface area contributed by atoms with E-state index >= 15 is 0 Å². The summed E-state index contributed by atoms with van der Waals surface area (Å²) in [5, 5.41) is 12.0. The molecule has 0 spiro atoms. The van der Waals surface area contributed by atoms with Crippen LogP contribution in [0.3, 0.4) is 0 Å². The Kier molecular flexibility index (Phi) is 10.3. The summed E-state index contributed by atoms with van der Waals surface area (Å²) in [5.41, 5.74) is 9.98. The lowest BCUT2D eigenvalue weighted by Gasteiger charge is -2.10. The van der Waals surface area contributed by atoms with Crippen LogP contribution >= 0.6 is 63.7 Å². The number of nitrogens with one attached hydrogen (secondary N) is 1. The SMILES string of the molecule is CCOc1c(Br)cc(Br)cc1C=NN=C(N)NN=Cc1cc(Br)cc(Br)c1OCC. The molecule has 0 aliphatic carbocycles. The highest BCUT2D eigenvalue weighted by Crippen LogP contribution is 2.33. The molecule has 0 atom stereocenters. The molecule has 0 saturated carbocycles. The van der Waals surface area contributed by atoms with Crippen LogP contribution in [0.2, 0.25) is 0 Å². The first kappa shape index (κ1) is 24.8. The Bertz CT molecular complexity index is 980. The highest BCUT2D eigenvalue weighted by molar-refractivity contribution is 9.11. The third-order valence-electron chi connectivity index (χ3n) is 3.40. The minimum Gasteiger partial charge on any atom is -0.492 e. The Morgan fingerprint density at radius 2 is 1.40 bits per heavy atom. The van der Waals surface area contributed by atoms with Crippen LogP contribution in [0.5, 0.6) is 11.5 Å². The van der Waals surface area contributed by atoms with E-state index in [0.717, 1.165) is 29.0 Å². The van der Waals surface area contributed by atoms with Gasteiger partial charge in [-0.05, 0) is 70.0 Å². The first-order valence-electron chi connectivity index (χ1n) is 8.74. The van der Waals surface area contributed by atoms with E-state index in [1.54, 1.807) is 12.4 Å². The van der Waals surface area contributed by atoms with Gasteiger partial charge in [-0.2, -0.15) is 10.2 Å². The highest BCUT2D eigenvalue weighted by Gasteiger charge is 2.09. The normalized spacial score (nSPS) is 12.0. The molecule has 7 nitrogen and oxygen atoms in total. The monoisotopic (exact) mass is 665 g/mol. The molecular formula is C19H19Br4N5O2. The second-order valence-electron chi connectivity index (χ2n) is 5.58. The molecule has 0 aromatic heterocycles. The van der Waals surface area contributed by atoms with E-state index in [9.17, 15) is 0 Å². The number of ether oxygens (including phenoxy) is 2. The zero-order chi connectivity index (χ0) is 22.1. The standard InChI is InChI=1S/C19H19Br4N5O2/c1-3-29-17-11(5-13(20)7-15(17)22)9-25-27-19(24)28-26-10-12-6-14(21)8-16(23)18(12)30-4-2/h5-10H,3-4H2,1-2H3,(H3,24,27,28). The number of nitrogens with two attached hydrogens (primary N) is 1. The van der Waals surface area contributed by atoms with Crippen LogP contribution in [0.25, 0.3) is 0 Å². The molecule has 160 valence electrons. The van der Waals surface area contributed by atoms with Crippen LogP contribution in [0.4, 0.5) is 0 Å². The summed E-state index contributed by atoms with van der Waals surface area (Å²) < 4.78 is 14.7. The summed E-state index contributed by atoms with van der Waals surface area (Å²) in [5.74, 6) is 1.39. The van der Waals surface area contributed by atoms with Gasteiger partial charge in [-0.1, -0.05) is 31.9 Å². The molecule has 0 bridgehead atoms. The number of benzene rings is 2. The van der Waals surface area contributed by atoms with E-state index in [2.05, 4.69) is 84.4 Å². The quantitative estimate of drug-likeness (QED) is 0.211. The first-order chi connectivity index (χ1) is 14.3. The molecule has 2 aromatic carbocycles. The molecule has 0 aliphatic rings. The zero-order valence-electron chi connectivity index (χ0n) is 16.1. The number of hydrogen-bond acceptors (Lipinski definition) is 5. The number of rotatable bonds is 8. The summed E-state index contributed by atoms with van der Waals surface area (Å²) in [4.78, 5) is 0. The molecule has 2 aromatic rings. The third kappa shape index (κ3) is 7.36. The average Bonchev–Trinajstić information content (AvgIpc) is 2.67. The Hall–Kier alpha value is -1.43. The molecule has 11 heteroatoms. The number of halogens is 4. The van der Waals surface area contributed by atoms with E-state index < -0.39 is 0 Å². The maximum Gasteiger partial charge on any atom is 0.234 e. The summed E-state index contributed by atoms with van der Waals surface area (Å²) in [6.07, 6.45) is 3.14. The molecular weight excluding hydrogens is 650 g/mol. The molecule has 0 radical (unpaired) electrons. The fourth-order valence-electron chi connectivity index (χ4n) is 2.29. The van der Waals surface area contributed by atoms with Crippen molar-refractivity contribution in [3.63, 3.8) is 0 Å². The molecule has 30 heavy (non-hydrogen) atoms. The van der Waals surface area contributed by atoms with Crippen molar-refractivity contribution in [1.82, 2.24) is 5.43 Å². The highest BCUT2D eigenvalue weighted by atomic mass is 79.9. The Morgan fingerprint density at radius 1 is 0.900 bits per heavy atom. The molecule has 3 N–H and O–H groups in total. The predicted octanol–water partition coefficient (Wildman–Crippen LogP) is 5.81. The maximum absolute atomic E-state index is 5.83. The van der Waals surface area contributed by atoms with Crippen LogP contribution in [-0.2, 0) is 0 Å². The molecule has 0 saturated heterocycles. The van der Waals surface area contributed by atoms with Gasteiger partial charge in [-0.15, -0.1) is 5.10 Å². The van der Waals surface area contributed by atoms with Crippen LogP contribution in [-0.4, -0.2) is 31.6 Å². The van der Waals surface area contributed by atoms with E-state index in [-0.39, 0.29) is 5.96 Å². The molecule has 0 unspecified atom stereocenters. The minimum absolute atomic E-state index is 0.0292. The van der Waals surface area contributed by atoms with Gasteiger partial charge in [0.05, 0.1) is 34.6 Å². The van der Waals surface area contributed by atoms with Gasteiger partial charge < -0.3 is 15.2 Å². The lowest BCUT2D eigenvalue weighted by Crippen LogP contribution is -2.26. The van der Waals surface area contributed by atoms with Crippen LogP contribution in [0.1, 0.15) is 25.0 Å². The predicted molar refractivity (Wildman–Crippen MR) is 136 cm³/mol. The molecule has 0 heterocycles. The molecule has 2 rings (SSSR count). The largest absolute Gasteiger partial charge is 0.492 e. The molecule has 0 amide bonds. The van der Waals surface area contributed by atoms with Crippen molar-refractivity contribution in [3.8, 4) is 11.5 Å². The fraction of sp³-hybridized carbons (Fsp3) is 0.211. The average molecular weight is 669 g/mol. The van der Waals surface area contributed by atoms with Crippen LogP contribution < -0.4 is 20.6 Å². The summed E-state index contributed by atoms with van der Waals surface area (Å²) in [6.45, 7) is 4.88. The van der Waals surface area contributed by atoms with Gasteiger partial charge in [0.15, 0.2) is 0 Å². The van der Waals surface area contributed by atoms with Crippen molar-refractivity contribution in [1.29, 1.82) is 0 Å². The Balaban J connectivity index is 2.12. The topological polar surface area (TPSA) is 93.6 Å². The summed E-state index contributed by atoms with van der Waals surface area (Å²) in [6, 6.07) is 7.55. The van der Waals surface area contributed by atoms with Gasteiger partial charge >= 0.3 is 0 Å². The van der Waals surface area contributed by atoms with Crippen molar-refractivity contribution in [3.05, 3.63) is 53.3 Å². The fourth-order valence-corrected chi connectivity index (χ4v) is 5.03. The lowest BCUT2D eigenvalue weighted by atomic mass is 10.2.